The summed E-state index contributed by atoms with van der Waals surface area (Å²) < 4.78 is 17.2. The standard InChI is InChI=1S/C38H51N5O9S/c1-23(2)18-29-38(49)42(4)24(3)36(47)41-28(19-25-8-6-5-7-9-25)37(48)40-27-12-14-50-32(35(27)46)21-43(22-33(44)39-29)34(45)13-17-53-26-10-11-30-31(20-26)52-16-15-51-30/h5-11,20,23-24,27-29,32,35,46H,12-19,21-22H2,1-4H3,(H,39,44)(H,40,48)(H,41,47)/t24-,27-,28-,29+,32+,35-/m0/s1. The molecule has 0 spiro atoms. The summed E-state index contributed by atoms with van der Waals surface area (Å²) >= 11 is 1.45. The third-order valence-corrected chi connectivity index (χ3v) is 10.6. The van der Waals surface area contributed by atoms with Gasteiger partial charge in [0.25, 0.3) is 0 Å². The lowest BCUT2D eigenvalue weighted by Crippen LogP contribution is -2.60. The Morgan fingerprint density at radius 2 is 1.68 bits per heavy atom. The summed E-state index contributed by atoms with van der Waals surface area (Å²) in [6.07, 6.45) is -1.33. The van der Waals surface area contributed by atoms with Crippen molar-refractivity contribution in [2.75, 3.05) is 45.7 Å². The van der Waals surface area contributed by atoms with Crippen LogP contribution in [-0.2, 0) is 35.1 Å². The molecule has 0 unspecified atom stereocenters. The van der Waals surface area contributed by atoms with Crippen LogP contribution < -0.4 is 25.4 Å². The van der Waals surface area contributed by atoms with E-state index in [1.54, 1.807) is 6.92 Å². The van der Waals surface area contributed by atoms with Crippen molar-refractivity contribution in [1.82, 2.24) is 25.8 Å². The van der Waals surface area contributed by atoms with Gasteiger partial charge in [-0.3, -0.25) is 24.0 Å². The van der Waals surface area contributed by atoms with Gasteiger partial charge in [0, 0.05) is 37.1 Å². The molecule has 14 nitrogen and oxygen atoms in total. The van der Waals surface area contributed by atoms with E-state index < -0.39 is 66.5 Å². The molecule has 0 radical (unpaired) electrons. The molecular formula is C38H51N5O9S. The van der Waals surface area contributed by atoms with Crippen molar-refractivity contribution in [3.63, 3.8) is 0 Å². The van der Waals surface area contributed by atoms with Crippen LogP contribution in [0.4, 0.5) is 0 Å². The fourth-order valence-corrected chi connectivity index (χ4v) is 7.41. The molecule has 15 heteroatoms. The molecule has 5 rings (SSSR count). The number of aliphatic hydroxyl groups excluding tert-OH is 1. The van der Waals surface area contributed by atoms with Crippen molar-refractivity contribution < 1.29 is 43.3 Å². The molecular weight excluding hydrogens is 703 g/mol. The Balaban J connectivity index is 1.38. The van der Waals surface area contributed by atoms with Crippen LogP contribution >= 0.6 is 11.8 Å². The van der Waals surface area contributed by atoms with Gasteiger partial charge in [0.05, 0.1) is 19.1 Å². The highest BCUT2D eigenvalue weighted by atomic mass is 32.2. The molecule has 53 heavy (non-hydrogen) atoms. The first-order chi connectivity index (χ1) is 25.4. The van der Waals surface area contributed by atoms with Crippen LogP contribution in [0.1, 0.15) is 45.6 Å². The highest BCUT2D eigenvalue weighted by Gasteiger charge is 2.39. The summed E-state index contributed by atoms with van der Waals surface area (Å²) in [6, 6.07) is 11.1. The van der Waals surface area contributed by atoms with Gasteiger partial charge in [-0.05, 0) is 49.4 Å². The average Bonchev–Trinajstić information content (AvgIpc) is 3.14. The lowest BCUT2D eigenvalue weighted by atomic mass is 9.97. The molecule has 6 atom stereocenters. The van der Waals surface area contributed by atoms with E-state index in [1.165, 1.54) is 28.6 Å². The van der Waals surface area contributed by atoms with Crippen molar-refractivity contribution in [3.8, 4) is 11.5 Å². The second-order valence-corrected chi connectivity index (χ2v) is 15.3. The Kier molecular flexibility index (Phi) is 14.0. The summed E-state index contributed by atoms with van der Waals surface area (Å²) in [6.45, 7) is 6.00. The minimum atomic E-state index is -1.22. The third-order valence-electron chi connectivity index (χ3n) is 9.63. The fraction of sp³-hybridized carbons (Fsp3) is 0.553. The van der Waals surface area contributed by atoms with Crippen LogP contribution in [0, 0.1) is 5.92 Å². The molecule has 2 bridgehead atoms. The summed E-state index contributed by atoms with van der Waals surface area (Å²) in [5, 5.41) is 20.0. The van der Waals surface area contributed by atoms with E-state index in [1.807, 2.05) is 62.4 Å². The van der Waals surface area contributed by atoms with Crippen LogP contribution in [0.5, 0.6) is 11.5 Å². The Labute approximate surface area is 314 Å². The van der Waals surface area contributed by atoms with Crippen molar-refractivity contribution in [1.29, 1.82) is 0 Å². The number of likely N-dealkylation sites (N-methyl/N-ethyl adjacent to an activating group) is 1. The predicted octanol–water partition coefficient (Wildman–Crippen LogP) is 1.52. The zero-order chi connectivity index (χ0) is 38.1. The van der Waals surface area contributed by atoms with E-state index in [0.717, 1.165) is 10.5 Å². The van der Waals surface area contributed by atoms with Crippen LogP contribution in [0.3, 0.4) is 0 Å². The fourth-order valence-electron chi connectivity index (χ4n) is 6.55. The predicted molar refractivity (Wildman–Crippen MR) is 197 cm³/mol. The maximum atomic E-state index is 13.8. The van der Waals surface area contributed by atoms with E-state index in [2.05, 4.69) is 16.0 Å². The zero-order valence-electron chi connectivity index (χ0n) is 30.7. The molecule has 0 saturated carbocycles. The van der Waals surface area contributed by atoms with E-state index in [0.29, 0.717) is 36.9 Å². The maximum absolute atomic E-state index is 13.8. The van der Waals surface area contributed by atoms with E-state index >= 15 is 0 Å². The molecule has 3 aliphatic heterocycles. The summed E-state index contributed by atoms with van der Waals surface area (Å²) in [4.78, 5) is 72.2. The lowest BCUT2D eigenvalue weighted by Gasteiger charge is -2.38. The van der Waals surface area contributed by atoms with Crippen molar-refractivity contribution >= 4 is 41.3 Å². The maximum Gasteiger partial charge on any atom is 0.245 e. The minimum absolute atomic E-state index is 0.00729. The first kappa shape index (κ1) is 39.9. The zero-order valence-corrected chi connectivity index (χ0v) is 31.6. The Morgan fingerprint density at radius 1 is 0.943 bits per heavy atom. The largest absolute Gasteiger partial charge is 0.486 e. The summed E-state index contributed by atoms with van der Waals surface area (Å²) in [5.74, 6) is -0.735. The number of nitrogens with zero attached hydrogens (tertiary/aromatic N) is 2. The molecule has 2 saturated heterocycles. The number of carbonyl (C=O) groups excluding carboxylic acids is 5. The quantitative estimate of drug-likeness (QED) is 0.290. The molecule has 5 amide bonds. The summed E-state index contributed by atoms with van der Waals surface area (Å²) in [7, 11) is 1.48. The second-order valence-electron chi connectivity index (χ2n) is 14.1. The number of carbonyl (C=O) groups is 5. The molecule has 2 fully saturated rings. The normalized spacial score (nSPS) is 26.0. The summed E-state index contributed by atoms with van der Waals surface area (Å²) in [5.41, 5.74) is 0.808. The molecule has 288 valence electrons. The number of aliphatic hydroxyl groups is 1. The number of nitrogens with one attached hydrogen (secondary N) is 3. The van der Waals surface area contributed by atoms with E-state index in [-0.39, 0.29) is 44.2 Å². The molecule has 3 heterocycles. The van der Waals surface area contributed by atoms with E-state index in [9.17, 15) is 29.1 Å². The molecule has 4 N–H and O–H groups in total. The number of rotatable bonds is 8. The number of thioether (sulfide) groups is 1. The van der Waals surface area contributed by atoms with E-state index in [4.69, 9.17) is 14.2 Å². The number of fused-ring (bicyclic) bond motifs is 3. The van der Waals surface area contributed by atoms with Gasteiger partial charge in [0.2, 0.25) is 29.5 Å². The number of hydrogen-bond donors (Lipinski definition) is 4. The third kappa shape index (κ3) is 10.9. The Bertz CT molecular complexity index is 1610. The lowest BCUT2D eigenvalue weighted by molar-refractivity contribution is -0.145. The first-order valence-corrected chi connectivity index (χ1v) is 19.2. The Hall–Kier alpha value is -4.34. The SMILES string of the molecule is CC(C)C[C@H]1NC(=O)CN(C(=O)CCSc2ccc3c(c2)OCCO3)C[C@H]2OCC[C@H](NC(=O)[C@H](Cc3ccccc3)NC(=O)[C@H](C)N(C)C1=O)[C@@H]2O. The molecule has 0 aliphatic carbocycles. The second kappa shape index (κ2) is 18.6. The topological polar surface area (TPSA) is 176 Å². The van der Waals surface area contributed by atoms with Gasteiger partial charge in [0.1, 0.15) is 43.5 Å². The molecule has 2 aromatic rings. The van der Waals surface area contributed by atoms with Crippen LogP contribution in [0.2, 0.25) is 0 Å². The van der Waals surface area contributed by atoms with Gasteiger partial charge in [-0.15, -0.1) is 11.8 Å². The number of hydrogen-bond acceptors (Lipinski definition) is 10. The van der Waals surface area contributed by atoms with Crippen molar-refractivity contribution in [2.45, 2.75) is 87.7 Å². The number of amides is 5. The van der Waals surface area contributed by atoms with Crippen LogP contribution in [0.25, 0.3) is 0 Å². The van der Waals surface area contributed by atoms with Gasteiger partial charge in [-0.25, -0.2) is 0 Å². The van der Waals surface area contributed by atoms with Gasteiger partial charge in [0.15, 0.2) is 11.5 Å². The monoisotopic (exact) mass is 753 g/mol. The Morgan fingerprint density at radius 3 is 2.42 bits per heavy atom. The van der Waals surface area contributed by atoms with Crippen molar-refractivity contribution in [2.24, 2.45) is 5.92 Å². The van der Waals surface area contributed by atoms with Gasteiger partial charge < -0.3 is 45.1 Å². The molecule has 0 aromatic heterocycles. The highest BCUT2D eigenvalue weighted by molar-refractivity contribution is 7.99. The average molecular weight is 754 g/mol. The number of benzene rings is 2. The van der Waals surface area contributed by atoms with Gasteiger partial charge in [-0.1, -0.05) is 44.2 Å². The molecule has 2 aromatic carbocycles. The van der Waals surface area contributed by atoms with Crippen molar-refractivity contribution in [3.05, 3.63) is 54.1 Å². The van der Waals surface area contributed by atoms with Gasteiger partial charge >= 0.3 is 0 Å². The molecule has 3 aliphatic rings. The smallest absolute Gasteiger partial charge is 0.245 e. The number of ether oxygens (including phenoxy) is 3. The first-order valence-electron chi connectivity index (χ1n) is 18.2. The van der Waals surface area contributed by atoms with Gasteiger partial charge in [-0.2, -0.15) is 0 Å². The van der Waals surface area contributed by atoms with Crippen LogP contribution in [0.15, 0.2) is 53.4 Å². The highest BCUT2D eigenvalue weighted by Crippen LogP contribution is 2.34. The van der Waals surface area contributed by atoms with Crippen LogP contribution in [-0.4, -0.2) is 127 Å². The minimum Gasteiger partial charge on any atom is -0.486 e.